The molecule has 0 aromatic heterocycles. The zero-order valence-corrected chi connectivity index (χ0v) is 13.5. The predicted molar refractivity (Wildman–Crippen MR) is 88.2 cm³/mol. The molecule has 0 unspecified atom stereocenters. The number of halogens is 1. The summed E-state index contributed by atoms with van der Waals surface area (Å²) in [5.74, 6) is 0.688. The van der Waals surface area contributed by atoms with Crippen LogP contribution in [-0.2, 0) is 11.2 Å². The van der Waals surface area contributed by atoms with E-state index in [9.17, 15) is 4.79 Å². The van der Waals surface area contributed by atoms with Crippen LogP contribution >= 0.6 is 15.9 Å². The molecule has 0 heterocycles. The lowest BCUT2D eigenvalue weighted by molar-refractivity contribution is -0.120. The highest BCUT2D eigenvalue weighted by atomic mass is 79.9. The Morgan fingerprint density at radius 3 is 2.68 bits per heavy atom. The average molecular weight is 363 g/mol. The highest BCUT2D eigenvalue weighted by Crippen LogP contribution is 2.25. The van der Waals surface area contributed by atoms with E-state index in [1.165, 1.54) is 6.21 Å². The number of carbonyl (C=O) groups is 1. The second-order valence-electron chi connectivity index (χ2n) is 4.53. The molecule has 0 radical (unpaired) electrons. The first kappa shape index (κ1) is 16.0. The molecule has 0 saturated carbocycles. The third-order valence-corrected chi connectivity index (χ3v) is 3.50. The van der Waals surface area contributed by atoms with E-state index in [0.29, 0.717) is 0 Å². The van der Waals surface area contributed by atoms with Gasteiger partial charge in [0.15, 0.2) is 0 Å². The molecule has 1 amide bonds. The van der Waals surface area contributed by atoms with Crippen molar-refractivity contribution in [2.75, 3.05) is 7.11 Å². The van der Waals surface area contributed by atoms with E-state index in [2.05, 4.69) is 26.5 Å². The van der Waals surface area contributed by atoms with E-state index in [4.69, 9.17) is 9.84 Å². The number of hydrazone groups is 1. The maximum atomic E-state index is 11.8. The highest BCUT2D eigenvalue weighted by Gasteiger charge is 2.05. The van der Waals surface area contributed by atoms with Crippen LogP contribution in [0.3, 0.4) is 0 Å². The molecule has 2 aromatic rings. The van der Waals surface area contributed by atoms with Gasteiger partial charge in [-0.15, -0.1) is 0 Å². The van der Waals surface area contributed by atoms with Crippen LogP contribution in [0.2, 0.25) is 0 Å². The lowest BCUT2D eigenvalue weighted by atomic mass is 10.1. The molecular formula is C16H15BrN2O3. The topological polar surface area (TPSA) is 70.9 Å². The number of carbonyl (C=O) groups excluding carboxylic acids is 1. The summed E-state index contributed by atoms with van der Waals surface area (Å²) in [6.07, 6.45) is 1.73. The van der Waals surface area contributed by atoms with Crippen molar-refractivity contribution in [2.45, 2.75) is 6.42 Å². The summed E-state index contributed by atoms with van der Waals surface area (Å²) in [5.41, 5.74) is 4.10. The first-order chi connectivity index (χ1) is 10.6. The summed E-state index contributed by atoms with van der Waals surface area (Å²) in [7, 11) is 1.59. The molecule has 0 saturated heterocycles. The smallest absolute Gasteiger partial charge is 0.244 e. The summed E-state index contributed by atoms with van der Waals surface area (Å²) >= 11 is 3.38. The number of phenolic OH excluding ortho intramolecular Hbond substituents is 1. The maximum absolute atomic E-state index is 11.8. The molecule has 0 fully saturated rings. The summed E-state index contributed by atoms with van der Waals surface area (Å²) in [6, 6.07) is 12.0. The van der Waals surface area contributed by atoms with Gasteiger partial charge in [-0.05, 0) is 63.5 Å². The van der Waals surface area contributed by atoms with E-state index < -0.39 is 0 Å². The number of hydrogen-bond acceptors (Lipinski definition) is 4. The highest BCUT2D eigenvalue weighted by molar-refractivity contribution is 9.10. The Balaban J connectivity index is 1.90. The second-order valence-corrected chi connectivity index (χ2v) is 5.38. The number of benzene rings is 2. The summed E-state index contributed by atoms with van der Waals surface area (Å²) in [4.78, 5) is 11.8. The van der Waals surface area contributed by atoms with E-state index in [1.54, 1.807) is 37.4 Å². The maximum Gasteiger partial charge on any atom is 0.244 e. The van der Waals surface area contributed by atoms with Crippen molar-refractivity contribution in [1.29, 1.82) is 0 Å². The minimum absolute atomic E-state index is 0.186. The van der Waals surface area contributed by atoms with Crippen LogP contribution in [0, 0.1) is 0 Å². The quantitative estimate of drug-likeness (QED) is 0.634. The van der Waals surface area contributed by atoms with Crippen molar-refractivity contribution < 1.29 is 14.6 Å². The van der Waals surface area contributed by atoms with Gasteiger partial charge in [0.1, 0.15) is 11.5 Å². The fraction of sp³-hybridized carbons (Fsp3) is 0.125. The van der Waals surface area contributed by atoms with Gasteiger partial charge in [-0.2, -0.15) is 5.10 Å². The number of amides is 1. The SMILES string of the molecule is COc1ccc(CC(=O)N/N=C/c2ccc(O)cc2)cc1Br. The predicted octanol–water partition coefficient (Wildman–Crippen LogP) is 2.86. The van der Waals surface area contributed by atoms with Crippen LogP contribution in [0.25, 0.3) is 0 Å². The van der Waals surface area contributed by atoms with Crippen LogP contribution in [0.4, 0.5) is 0 Å². The minimum atomic E-state index is -0.216. The summed E-state index contributed by atoms with van der Waals surface area (Å²) in [5, 5.41) is 13.0. The lowest BCUT2D eigenvalue weighted by Gasteiger charge is -2.05. The van der Waals surface area contributed by atoms with E-state index >= 15 is 0 Å². The van der Waals surface area contributed by atoms with Crippen LogP contribution in [-0.4, -0.2) is 24.3 Å². The number of ether oxygens (including phenoxy) is 1. The summed E-state index contributed by atoms with van der Waals surface area (Å²) in [6.45, 7) is 0. The molecule has 5 nitrogen and oxygen atoms in total. The van der Waals surface area contributed by atoms with Gasteiger partial charge < -0.3 is 9.84 Å². The van der Waals surface area contributed by atoms with Gasteiger partial charge in [0.2, 0.25) is 5.91 Å². The molecule has 0 bridgehead atoms. The van der Waals surface area contributed by atoms with Crippen molar-refractivity contribution >= 4 is 28.1 Å². The van der Waals surface area contributed by atoms with Gasteiger partial charge in [-0.25, -0.2) is 5.43 Å². The van der Waals surface area contributed by atoms with Gasteiger partial charge in [-0.1, -0.05) is 6.07 Å². The molecule has 0 aliphatic heterocycles. The minimum Gasteiger partial charge on any atom is -0.508 e. The van der Waals surface area contributed by atoms with Gasteiger partial charge in [0.25, 0.3) is 0 Å². The number of aromatic hydroxyl groups is 1. The largest absolute Gasteiger partial charge is 0.508 e. The van der Waals surface area contributed by atoms with Crippen molar-refractivity contribution in [1.82, 2.24) is 5.43 Å². The Bertz CT molecular complexity index is 684. The van der Waals surface area contributed by atoms with Gasteiger partial charge in [0.05, 0.1) is 24.2 Å². The van der Waals surface area contributed by atoms with Crippen LogP contribution in [0.1, 0.15) is 11.1 Å². The summed E-state index contributed by atoms with van der Waals surface area (Å²) < 4.78 is 5.94. The molecular weight excluding hydrogens is 348 g/mol. The monoisotopic (exact) mass is 362 g/mol. The average Bonchev–Trinajstić information content (AvgIpc) is 2.49. The Morgan fingerprint density at radius 1 is 1.32 bits per heavy atom. The fourth-order valence-electron chi connectivity index (χ4n) is 1.78. The van der Waals surface area contributed by atoms with Crippen LogP contribution in [0.5, 0.6) is 11.5 Å². The molecule has 2 aromatic carbocycles. The molecule has 6 heteroatoms. The van der Waals surface area contributed by atoms with E-state index in [1.807, 2.05) is 12.1 Å². The van der Waals surface area contributed by atoms with Crippen molar-refractivity contribution in [3.8, 4) is 11.5 Å². The second kappa shape index (κ2) is 7.61. The zero-order chi connectivity index (χ0) is 15.9. The molecule has 0 aliphatic rings. The lowest BCUT2D eigenvalue weighted by Crippen LogP contribution is -2.19. The molecule has 2 rings (SSSR count). The van der Waals surface area contributed by atoms with E-state index in [-0.39, 0.29) is 18.1 Å². The van der Waals surface area contributed by atoms with Crippen molar-refractivity contribution in [3.63, 3.8) is 0 Å². The van der Waals surface area contributed by atoms with Gasteiger partial charge >= 0.3 is 0 Å². The number of nitrogens with one attached hydrogen (secondary N) is 1. The number of hydrogen-bond donors (Lipinski definition) is 2. The molecule has 114 valence electrons. The van der Waals surface area contributed by atoms with Gasteiger partial charge in [-0.3, -0.25) is 4.79 Å². The Kier molecular flexibility index (Phi) is 5.55. The Hall–Kier alpha value is -2.34. The molecule has 0 atom stereocenters. The Labute approximate surface area is 136 Å². The number of methoxy groups -OCH3 is 1. The van der Waals surface area contributed by atoms with Crippen LogP contribution < -0.4 is 10.2 Å². The third kappa shape index (κ3) is 4.60. The first-order valence-electron chi connectivity index (χ1n) is 6.52. The molecule has 0 spiro atoms. The third-order valence-electron chi connectivity index (χ3n) is 2.88. The molecule has 0 aliphatic carbocycles. The fourth-order valence-corrected chi connectivity index (χ4v) is 2.37. The number of nitrogens with zero attached hydrogens (tertiary/aromatic N) is 1. The van der Waals surface area contributed by atoms with E-state index in [0.717, 1.165) is 21.3 Å². The van der Waals surface area contributed by atoms with Crippen molar-refractivity contribution in [2.24, 2.45) is 5.10 Å². The number of phenols is 1. The van der Waals surface area contributed by atoms with Crippen LogP contribution in [0.15, 0.2) is 52.0 Å². The standard InChI is InChI=1S/C16H15BrN2O3/c1-22-15-7-4-12(8-14(15)17)9-16(21)19-18-10-11-2-5-13(20)6-3-11/h2-8,10,20H,9H2,1H3,(H,19,21)/b18-10+. The Morgan fingerprint density at radius 2 is 2.05 bits per heavy atom. The van der Waals surface area contributed by atoms with Gasteiger partial charge in [0, 0.05) is 0 Å². The molecule has 2 N–H and O–H groups in total. The van der Waals surface area contributed by atoms with Crippen molar-refractivity contribution in [3.05, 3.63) is 58.1 Å². The zero-order valence-electron chi connectivity index (χ0n) is 11.9. The first-order valence-corrected chi connectivity index (χ1v) is 7.31. The molecule has 22 heavy (non-hydrogen) atoms. The normalized spacial score (nSPS) is 10.6. The number of rotatable bonds is 5.